The normalized spacial score (nSPS) is 10.0. The smallest absolute Gasteiger partial charge is 0.133 e. The van der Waals surface area contributed by atoms with Gasteiger partial charge in [0.25, 0.3) is 0 Å². The van der Waals surface area contributed by atoms with Gasteiger partial charge in [0.15, 0.2) is 0 Å². The number of nitrogens with zero attached hydrogens (tertiary/aromatic N) is 1. The molecule has 1 radical (unpaired) electrons. The molecule has 2 heteroatoms. The minimum Gasteiger partial charge on any atom is -0.375 e. The molecule has 0 saturated heterocycles. The SMILES string of the molecule is [CH2]C=NCO. The third-order valence-electron chi connectivity index (χ3n) is 0.211. The van der Waals surface area contributed by atoms with Gasteiger partial charge < -0.3 is 5.11 Å². The highest BCUT2D eigenvalue weighted by atomic mass is 16.3. The van der Waals surface area contributed by atoms with Crippen molar-refractivity contribution in [3.05, 3.63) is 6.92 Å². The van der Waals surface area contributed by atoms with Gasteiger partial charge >= 0.3 is 0 Å². The third-order valence-corrected chi connectivity index (χ3v) is 0.211. The predicted octanol–water partition coefficient (Wildman–Crippen LogP) is -0.159. The van der Waals surface area contributed by atoms with E-state index in [4.69, 9.17) is 5.11 Å². The first-order chi connectivity index (χ1) is 2.41. The largest absolute Gasteiger partial charge is 0.375 e. The van der Waals surface area contributed by atoms with Crippen molar-refractivity contribution < 1.29 is 5.11 Å². The van der Waals surface area contributed by atoms with Crippen molar-refractivity contribution in [3.63, 3.8) is 0 Å². The predicted molar refractivity (Wildman–Crippen MR) is 20.9 cm³/mol. The Kier molecular flexibility index (Phi) is 3.36. The summed E-state index contributed by atoms with van der Waals surface area (Å²) in [7, 11) is 0. The Morgan fingerprint density at radius 1 is 2.00 bits per heavy atom. The lowest BCUT2D eigenvalue weighted by Crippen LogP contribution is -1.69. The first kappa shape index (κ1) is 4.63. The van der Waals surface area contributed by atoms with Gasteiger partial charge in [-0.1, -0.05) is 0 Å². The van der Waals surface area contributed by atoms with E-state index in [1.54, 1.807) is 0 Å². The minimum absolute atomic E-state index is 0.149. The lowest BCUT2D eigenvalue weighted by atomic mass is 10.9. The van der Waals surface area contributed by atoms with E-state index in [0.717, 1.165) is 0 Å². The second kappa shape index (κ2) is 3.63. The Bertz CT molecular complexity index is 33.9. The molecule has 0 aliphatic rings. The van der Waals surface area contributed by atoms with Crippen molar-refractivity contribution in [2.24, 2.45) is 4.99 Å². The van der Waals surface area contributed by atoms with Crippen LogP contribution in [0.3, 0.4) is 0 Å². The number of hydrogen-bond donors (Lipinski definition) is 1. The Hall–Kier alpha value is -0.370. The molecule has 0 fully saturated rings. The van der Waals surface area contributed by atoms with Crippen LogP contribution in [-0.2, 0) is 0 Å². The number of aliphatic hydroxyl groups excluding tert-OH is 1. The molecule has 0 atom stereocenters. The first-order valence-corrected chi connectivity index (χ1v) is 1.30. The molecule has 0 unspecified atom stereocenters. The maximum Gasteiger partial charge on any atom is 0.133 e. The maximum absolute atomic E-state index is 7.83. The van der Waals surface area contributed by atoms with E-state index in [1.807, 2.05) is 0 Å². The van der Waals surface area contributed by atoms with Gasteiger partial charge in [0.05, 0.1) is 0 Å². The molecule has 0 rings (SSSR count). The average Bonchev–Trinajstić information content (AvgIpc) is 1.41. The molecule has 5 heavy (non-hydrogen) atoms. The molecular formula is C3H6NO. The summed E-state index contributed by atoms with van der Waals surface area (Å²) in [6.07, 6.45) is 1.31. The summed E-state index contributed by atoms with van der Waals surface area (Å²) in [5.74, 6) is 0. The molecule has 0 bridgehead atoms. The highest BCUT2D eigenvalue weighted by molar-refractivity contribution is 5.61. The van der Waals surface area contributed by atoms with E-state index in [0.29, 0.717) is 0 Å². The van der Waals surface area contributed by atoms with Crippen molar-refractivity contribution in [1.82, 2.24) is 0 Å². The van der Waals surface area contributed by atoms with E-state index >= 15 is 0 Å². The van der Waals surface area contributed by atoms with Gasteiger partial charge in [-0.25, -0.2) is 0 Å². The van der Waals surface area contributed by atoms with Crippen LogP contribution in [0.25, 0.3) is 0 Å². The highest BCUT2D eigenvalue weighted by Gasteiger charge is 1.51. The summed E-state index contributed by atoms with van der Waals surface area (Å²) in [5.41, 5.74) is 0. The van der Waals surface area contributed by atoms with Crippen molar-refractivity contribution in [1.29, 1.82) is 0 Å². The van der Waals surface area contributed by atoms with Crippen LogP contribution in [0.4, 0.5) is 0 Å². The van der Waals surface area contributed by atoms with Gasteiger partial charge in [0, 0.05) is 6.21 Å². The number of hydrogen-bond acceptors (Lipinski definition) is 2. The Balaban J connectivity index is 2.62. The second-order valence-electron chi connectivity index (χ2n) is 0.507. The Labute approximate surface area is 31.2 Å². The topological polar surface area (TPSA) is 32.6 Å². The monoisotopic (exact) mass is 72.0 g/mol. The molecule has 0 spiro atoms. The molecule has 0 aliphatic heterocycles. The zero-order chi connectivity index (χ0) is 4.12. The summed E-state index contributed by atoms with van der Waals surface area (Å²) in [6, 6.07) is 0. The van der Waals surface area contributed by atoms with Crippen LogP contribution in [0.15, 0.2) is 4.99 Å². The van der Waals surface area contributed by atoms with E-state index in [2.05, 4.69) is 11.9 Å². The van der Waals surface area contributed by atoms with Gasteiger partial charge in [-0.05, 0) is 6.92 Å². The molecule has 0 aromatic rings. The fourth-order valence-electron chi connectivity index (χ4n) is 0.0577. The summed E-state index contributed by atoms with van der Waals surface area (Å²) >= 11 is 0. The van der Waals surface area contributed by atoms with Crippen molar-refractivity contribution in [3.8, 4) is 0 Å². The highest BCUT2D eigenvalue weighted by Crippen LogP contribution is 1.51. The second-order valence-corrected chi connectivity index (χ2v) is 0.507. The number of rotatable bonds is 1. The zero-order valence-corrected chi connectivity index (χ0v) is 2.89. The molecule has 1 N–H and O–H groups in total. The zero-order valence-electron chi connectivity index (χ0n) is 2.89. The number of aliphatic hydroxyl groups is 1. The Morgan fingerprint density at radius 2 is 2.60 bits per heavy atom. The van der Waals surface area contributed by atoms with Crippen molar-refractivity contribution in [2.75, 3.05) is 6.73 Å². The minimum atomic E-state index is -0.149. The van der Waals surface area contributed by atoms with Crippen LogP contribution in [-0.4, -0.2) is 18.1 Å². The van der Waals surface area contributed by atoms with Crippen LogP contribution >= 0.6 is 0 Å². The fourth-order valence-corrected chi connectivity index (χ4v) is 0.0577. The molecule has 0 aromatic heterocycles. The van der Waals surface area contributed by atoms with E-state index in [1.165, 1.54) is 6.21 Å². The third kappa shape index (κ3) is 3.63. The first-order valence-electron chi connectivity index (χ1n) is 1.30. The quantitative estimate of drug-likeness (QED) is 0.429. The van der Waals surface area contributed by atoms with Gasteiger partial charge in [0.1, 0.15) is 6.73 Å². The van der Waals surface area contributed by atoms with Crippen molar-refractivity contribution >= 4 is 6.21 Å². The average molecular weight is 72.1 g/mol. The summed E-state index contributed by atoms with van der Waals surface area (Å²) in [6.45, 7) is 3.07. The molecule has 0 aliphatic carbocycles. The van der Waals surface area contributed by atoms with Gasteiger partial charge in [-0.15, -0.1) is 0 Å². The van der Waals surface area contributed by atoms with E-state index < -0.39 is 0 Å². The van der Waals surface area contributed by atoms with Gasteiger partial charge in [-0.3, -0.25) is 4.99 Å². The Morgan fingerprint density at radius 3 is 2.60 bits per heavy atom. The summed E-state index contributed by atoms with van der Waals surface area (Å²) in [5, 5.41) is 7.83. The molecule has 2 nitrogen and oxygen atoms in total. The summed E-state index contributed by atoms with van der Waals surface area (Å²) < 4.78 is 0. The van der Waals surface area contributed by atoms with Crippen LogP contribution in [0.1, 0.15) is 0 Å². The molecule has 0 saturated carbocycles. The lowest BCUT2D eigenvalue weighted by Gasteiger charge is -1.68. The summed E-state index contributed by atoms with van der Waals surface area (Å²) in [4.78, 5) is 3.29. The van der Waals surface area contributed by atoms with E-state index in [9.17, 15) is 0 Å². The fraction of sp³-hybridized carbons (Fsp3) is 0.333. The molecular weight excluding hydrogens is 66.0 g/mol. The molecule has 0 aromatic carbocycles. The standard InChI is InChI=1S/C3H6NO/c1-2-4-3-5/h2,5H,1,3H2. The van der Waals surface area contributed by atoms with Crippen LogP contribution in [0.5, 0.6) is 0 Å². The number of aliphatic imine (C=N–C) groups is 1. The maximum atomic E-state index is 7.83. The molecule has 29 valence electrons. The van der Waals surface area contributed by atoms with Crippen LogP contribution < -0.4 is 0 Å². The van der Waals surface area contributed by atoms with Gasteiger partial charge in [0.2, 0.25) is 0 Å². The van der Waals surface area contributed by atoms with Gasteiger partial charge in [-0.2, -0.15) is 0 Å². The van der Waals surface area contributed by atoms with E-state index in [-0.39, 0.29) is 6.73 Å². The molecule has 0 heterocycles. The van der Waals surface area contributed by atoms with Crippen LogP contribution in [0.2, 0.25) is 0 Å². The van der Waals surface area contributed by atoms with Crippen LogP contribution in [0, 0.1) is 6.92 Å². The molecule has 0 amide bonds. The lowest BCUT2D eigenvalue weighted by molar-refractivity contribution is 0.310. The van der Waals surface area contributed by atoms with Crippen molar-refractivity contribution in [2.45, 2.75) is 0 Å².